The molecule has 3 nitrogen and oxygen atoms in total. The number of aromatic nitrogens is 1. The van der Waals surface area contributed by atoms with Crippen LogP contribution in [0.25, 0.3) is 11.5 Å². The van der Waals surface area contributed by atoms with E-state index in [0.29, 0.717) is 18.0 Å². The first-order valence-electron chi connectivity index (χ1n) is 6.33. The molecule has 0 aliphatic carbocycles. The van der Waals surface area contributed by atoms with E-state index < -0.39 is 11.7 Å². The fourth-order valence-corrected chi connectivity index (χ4v) is 1.72. The van der Waals surface area contributed by atoms with Crippen LogP contribution in [-0.4, -0.2) is 11.5 Å². The summed E-state index contributed by atoms with van der Waals surface area (Å²) in [7, 11) is 0. The predicted molar refractivity (Wildman–Crippen MR) is 68.9 cm³/mol. The third-order valence-electron chi connectivity index (χ3n) is 2.74. The Balaban J connectivity index is 2.08. The van der Waals surface area contributed by atoms with Gasteiger partial charge in [-0.1, -0.05) is 6.92 Å². The summed E-state index contributed by atoms with van der Waals surface area (Å²) in [4.78, 5) is 4.23. The molecule has 20 heavy (non-hydrogen) atoms. The Hall–Kier alpha value is -1.82. The number of hydrogen-bond donors (Lipinski definition) is 1. The van der Waals surface area contributed by atoms with Crippen LogP contribution >= 0.6 is 0 Å². The molecule has 0 bridgehead atoms. The highest BCUT2D eigenvalue weighted by Gasteiger charge is 2.30. The monoisotopic (exact) mass is 284 g/mol. The minimum Gasteiger partial charge on any atom is -0.444 e. The number of alkyl halides is 3. The molecule has 2 aromatic rings. The van der Waals surface area contributed by atoms with Gasteiger partial charge in [0.2, 0.25) is 5.89 Å². The van der Waals surface area contributed by atoms with E-state index in [-0.39, 0.29) is 0 Å². The first-order valence-corrected chi connectivity index (χ1v) is 6.33. The molecular formula is C14H15F3N2O. The summed E-state index contributed by atoms with van der Waals surface area (Å²) in [5.41, 5.74) is 0.575. The van der Waals surface area contributed by atoms with Gasteiger partial charge >= 0.3 is 6.18 Å². The summed E-state index contributed by atoms with van der Waals surface area (Å²) < 4.78 is 42.6. The number of halogens is 3. The fourth-order valence-electron chi connectivity index (χ4n) is 1.72. The first kappa shape index (κ1) is 14.6. The van der Waals surface area contributed by atoms with E-state index in [4.69, 9.17) is 4.42 Å². The second-order valence-corrected chi connectivity index (χ2v) is 4.40. The van der Waals surface area contributed by atoms with Gasteiger partial charge in [0.15, 0.2) is 0 Å². The van der Waals surface area contributed by atoms with E-state index in [0.717, 1.165) is 30.8 Å². The summed E-state index contributed by atoms with van der Waals surface area (Å²) >= 11 is 0. The Morgan fingerprint density at radius 1 is 1.20 bits per heavy atom. The summed E-state index contributed by atoms with van der Waals surface area (Å²) in [5.74, 6) is 0.326. The minimum atomic E-state index is -4.33. The molecule has 1 N–H and O–H groups in total. The summed E-state index contributed by atoms with van der Waals surface area (Å²) in [6, 6.07) is 4.76. The molecule has 0 radical (unpaired) electrons. The van der Waals surface area contributed by atoms with Crippen molar-refractivity contribution < 1.29 is 17.6 Å². The number of rotatable bonds is 5. The third-order valence-corrected chi connectivity index (χ3v) is 2.74. The van der Waals surface area contributed by atoms with Crippen molar-refractivity contribution in [3.8, 4) is 11.5 Å². The van der Waals surface area contributed by atoms with Crippen LogP contribution in [0.3, 0.4) is 0 Å². The van der Waals surface area contributed by atoms with Gasteiger partial charge in [-0.15, -0.1) is 0 Å². The number of hydrogen-bond acceptors (Lipinski definition) is 3. The zero-order chi connectivity index (χ0) is 14.6. The Morgan fingerprint density at radius 3 is 2.50 bits per heavy atom. The van der Waals surface area contributed by atoms with Crippen LogP contribution < -0.4 is 5.32 Å². The SMILES string of the molecule is CCCNCc1coc(-c2ccc(C(F)(F)F)cc2)n1. The molecular weight excluding hydrogens is 269 g/mol. The number of nitrogens with zero attached hydrogens (tertiary/aromatic N) is 1. The predicted octanol–water partition coefficient (Wildman–Crippen LogP) is 3.86. The quantitative estimate of drug-likeness (QED) is 0.847. The molecule has 0 saturated heterocycles. The molecule has 6 heteroatoms. The van der Waals surface area contributed by atoms with Crippen molar-refractivity contribution in [1.82, 2.24) is 10.3 Å². The fraction of sp³-hybridized carbons (Fsp3) is 0.357. The average Bonchev–Trinajstić information content (AvgIpc) is 2.87. The van der Waals surface area contributed by atoms with E-state index in [2.05, 4.69) is 17.2 Å². The number of benzene rings is 1. The Labute approximate surface area is 114 Å². The van der Waals surface area contributed by atoms with Crippen molar-refractivity contribution in [3.63, 3.8) is 0 Å². The molecule has 1 aromatic carbocycles. The van der Waals surface area contributed by atoms with Gasteiger partial charge < -0.3 is 9.73 Å². The van der Waals surface area contributed by atoms with Crippen molar-refractivity contribution in [2.24, 2.45) is 0 Å². The molecule has 0 aliphatic rings. The van der Waals surface area contributed by atoms with Crippen LogP contribution in [0.4, 0.5) is 13.2 Å². The minimum absolute atomic E-state index is 0.326. The molecule has 0 fully saturated rings. The van der Waals surface area contributed by atoms with Crippen molar-refractivity contribution in [3.05, 3.63) is 41.8 Å². The van der Waals surface area contributed by atoms with Crippen molar-refractivity contribution in [1.29, 1.82) is 0 Å². The average molecular weight is 284 g/mol. The van der Waals surface area contributed by atoms with Crippen LogP contribution in [-0.2, 0) is 12.7 Å². The van der Waals surface area contributed by atoms with Crippen LogP contribution in [0.5, 0.6) is 0 Å². The smallest absolute Gasteiger partial charge is 0.416 e. The van der Waals surface area contributed by atoms with Gasteiger partial charge in [-0.2, -0.15) is 13.2 Å². The molecule has 0 unspecified atom stereocenters. The van der Waals surface area contributed by atoms with E-state index in [9.17, 15) is 13.2 Å². The van der Waals surface area contributed by atoms with E-state index in [1.165, 1.54) is 18.4 Å². The van der Waals surface area contributed by atoms with Crippen LogP contribution in [0, 0.1) is 0 Å². The van der Waals surface area contributed by atoms with Crippen LogP contribution in [0.1, 0.15) is 24.6 Å². The molecule has 0 aliphatic heterocycles. The highest BCUT2D eigenvalue weighted by molar-refractivity contribution is 5.53. The molecule has 108 valence electrons. The molecule has 0 amide bonds. The van der Waals surface area contributed by atoms with Gasteiger partial charge in [0, 0.05) is 12.1 Å². The molecule has 2 rings (SSSR count). The Morgan fingerprint density at radius 2 is 1.90 bits per heavy atom. The molecule has 0 saturated carbocycles. The standard InChI is InChI=1S/C14H15F3N2O/c1-2-7-18-8-12-9-20-13(19-12)10-3-5-11(6-4-10)14(15,16)17/h3-6,9,18H,2,7-8H2,1H3. The van der Waals surface area contributed by atoms with Gasteiger partial charge in [-0.05, 0) is 37.2 Å². The Bertz CT molecular complexity index is 546. The van der Waals surface area contributed by atoms with Crippen molar-refractivity contribution in [2.45, 2.75) is 26.1 Å². The van der Waals surface area contributed by atoms with Crippen molar-refractivity contribution >= 4 is 0 Å². The van der Waals surface area contributed by atoms with Gasteiger partial charge in [0.05, 0.1) is 11.3 Å². The van der Waals surface area contributed by atoms with E-state index in [1.54, 1.807) is 0 Å². The largest absolute Gasteiger partial charge is 0.444 e. The lowest BCUT2D eigenvalue weighted by atomic mass is 10.1. The van der Waals surface area contributed by atoms with E-state index >= 15 is 0 Å². The third kappa shape index (κ3) is 3.60. The van der Waals surface area contributed by atoms with E-state index in [1.807, 2.05) is 0 Å². The maximum Gasteiger partial charge on any atom is 0.416 e. The summed E-state index contributed by atoms with van der Waals surface area (Å²) in [6.45, 7) is 3.52. The van der Waals surface area contributed by atoms with Gasteiger partial charge in [0.1, 0.15) is 6.26 Å². The molecule has 1 heterocycles. The number of nitrogens with one attached hydrogen (secondary N) is 1. The Kier molecular flexibility index (Phi) is 4.44. The highest BCUT2D eigenvalue weighted by atomic mass is 19.4. The van der Waals surface area contributed by atoms with Crippen LogP contribution in [0.15, 0.2) is 34.9 Å². The first-order chi connectivity index (χ1) is 9.50. The molecule has 0 atom stereocenters. The summed E-state index contributed by atoms with van der Waals surface area (Å²) in [5, 5.41) is 3.17. The zero-order valence-corrected chi connectivity index (χ0v) is 11.0. The topological polar surface area (TPSA) is 38.1 Å². The second kappa shape index (κ2) is 6.09. The van der Waals surface area contributed by atoms with Gasteiger partial charge in [0.25, 0.3) is 0 Å². The number of oxazole rings is 1. The maximum absolute atomic E-state index is 12.5. The van der Waals surface area contributed by atoms with Crippen LogP contribution in [0.2, 0.25) is 0 Å². The lowest BCUT2D eigenvalue weighted by Gasteiger charge is -2.06. The van der Waals surface area contributed by atoms with Gasteiger partial charge in [-0.3, -0.25) is 0 Å². The maximum atomic E-state index is 12.5. The molecule has 1 aromatic heterocycles. The molecule has 0 spiro atoms. The second-order valence-electron chi connectivity index (χ2n) is 4.40. The highest BCUT2D eigenvalue weighted by Crippen LogP contribution is 2.30. The summed E-state index contributed by atoms with van der Waals surface area (Å²) in [6.07, 6.45) is -1.80. The van der Waals surface area contributed by atoms with Crippen molar-refractivity contribution in [2.75, 3.05) is 6.54 Å². The normalized spacial score (nSPS) is 11.8. The lowest BCUT2D eigenvalue weighted by molar-refractivity contribution is -0.137. The lowest BCUT2D eigenvalue weighted by Crippen LogP contribution is -2.13. The zero-order valence-electron chi connectivity index (χ0n) is 11.0. The van der Waals surface area contributed by atoms with Gasteiger partial charge in [-0.25, -0.2) is 4.98 Å².